The van der Waals surface area contributed by atoms with Crippen molar-refractivity contribution in [3.05, 3.63) is 5.82 Å². The van der Waals surface area contributed by atoms with Gasteiger partial charge in [0.2, 0.25) is 0 Å². The Kier molecular flexibility index (Phi) is 4.49. The minimum Gasteiger partial charge on any atom is -0.481 e. The molecule has 2 saturated carbocycles. The van der Waals surface area contributed by atoms with Gasteiger partial charge in [-0.15, -0.1) is 10.2 Å². The molecule has 21 heavy (non-hydrogen) atoms. The van der Waals surface area contributed by atoms with E-state index < -0.39 is 5.97 Å². The molecule has 0 spiro atoms. The zero-order valence-electron chi connectivity index (χ0n) is 12.2. The molecule has 0 aromatic carbocycles. The molecule has 116 valence electrons. The summed E-state index contributed by atoms with van der Waals surface area (Å²) in [6.07, 6.45) is 9.62. The number of hydrogen-bond donors (Lipinski definition) is 1. The van der Waals surface area contributed by atoms with E-state index in [9.17, 15) is 4.79 Å². The van der Waals surface area contributed by atoms with E-state index in [1.54, 1.807) is 0 Å². The van der Waals surface area contributed by atoms with Crippen LogP contribution in [0.25, 0.3) is 0 Å². The molecule has 2 aliphatic carbocycles. The highest BCUT2D eigenvalue weighted by molar-refractivity contribution is 8.00. The Labute approximate surface area is 133 Å². The quantitative estimate of drug-likeness (QED) is 0.777. The molecule has 2 fully saturated rings. The van der Waals surface area contributed by atoms with E-state index in [2.05, 4.69) is 21.0 Å². The monoisotopic (exact) mass is 327 g/mol. The Morgan fingerprint density at radius 2 is 2.10 bits per heavy atom. The lowest BCUT2D eigenvalue weighted by molar-refractivity contribution is -0.133. The molecule has 1 aromatic heterocycles. The van der Waals surface area contributed by atoms with Gasteiger partial charge in [-0.2, -0.15) is 11.8 Å². The van der Waals surface area contributed by atoms with E-state index in [1.165, 1.54) is 50.3 Å². The molecule has 0 bridgehead atoms. The number of hydrogen-bond acceptors (Lipinski definition) is 5. The highest BCUT2D eigenvalue weighted by Crippen LogP contribution is 2.45. The van der Waals surface area contributed by atoms with Gasteiger partial charge in [-0.25, -0.2) is 0 Å². The van der Waals surface area contributed by atoms with E-state index >= 15 is 0 Å². The first-order chi connectivity index (χ1) is 10.1. The van der Waals surface area contributed by atoms with E-state index in [4.69, 9.17) is 5.11 Å². The van der Waals surface area contributed by atoms with Crippen molar-refractivity contribution in [1.29, 1.82) is 0 Å². The van der Waals surface area contributed by atoms with Crippen LogP contribution in [-0.2, 0) is 11.3 Å². The van der Waals surface area contributed by atoms with Crippen molar-refractivity contribution in [2.75, 3.05) is 12.0 Å². The molecular formula is C14H21N3O2S2. The maximum absolute atomic E-state index is 10.8. The number of carboxylic acid groups (broad SMARTS) is 1. The standard InChI is InChI=1S/C14H21N3O2S2/c1-20-14(6-2-3-7-14)9-17-12(10-4-5-10)15-16-13(17)21-8-11(18)19/h10H,2-9H2,1H3,(H,18,19). The summed E-state index contributed by atoms with van der Waals surface area (Å²) in [5.74, 6) is 0.859. The predicted molar refractivity (Wildman–Crippen MR) is 85.1 cm³/mol. The van der Waals surface area contributed by atoms with Crippen molar-refractivity contribution in [2.45, 2.75) is 60.9 Å². The lowest BCUT2D eigenvalue weighted by Gasteiger charge is -2.28. The first-order valence-corrected chi connectivity index (χ1v) is 9.67. The molecule has 2 aliphatic rings. The van der Waals surface area contributed by atoms with Crippen LogP contribution in [0.4, 0.5) is 0 Å². The zero-order valence-corrected chi connectivity index (χ0v) is 13.9. The fourth-order valence-corrected chi connectivity index (χ4v) is 4.68. The van der Waals surface area contributed by atoms with Crippen molar-refractivity contribution in [1.82, 2.24) is 14.8 Å². The van der Waals surface area contributed by atoms with Crippen molar-refractivity contribution < 1.29 is 9.90 Å². The Balaban J connectivity index is 1.83. The van der Waals surface area contributed by atoms with Crippen LogP contribution in [0.1, 0.15) is 50.3 Å². The molecule has 1 heterocycles. The average Bonchev–Trinajstić information content (AvgIpc) is 3.07. The maximum Gasteiger partial charge on any atom is 0.313 e. The van der Waals surface area contributed by atoms with Crippen molar-refractivity contribution in [3.63, 3.8) is 0 Å². The summed E-state index contributed by atoms with van der Waals surface area (Å²) >= 11 is 3.24. The summed E-state index contributed by atoms with van der Waals surface area (Å²) < 4.78 is 2.50. The summed E-state index contributed by atoms with van der Waals surface area (Å²) in [4.78, 5) is 10.8. The number of carbonyl (C=O) groups is 1. The third-order valence-corrected chi connectivity index (χ3v) is 6.76. The number of rotatable bonds is 7. The summed E-state index contributed by atoms with van der Waals surface area (Å²) in [5, 5.41) is 18.3. The molecular weight excluding hydrogens is 306 g/mol. The second-order valence-electron chi connectivity index (χ2n) is 5.98. The number of thioether (sulfide) groups is 2. The van der Waals surface area contributed by atoms with Crippen LogP contribution in [0.5, 0.6) is 0 Å². The van der Waals surface area contributed by atoms with Gasteiger partial charge in [0.15, 0.2) is 5.16 Å². The SMILES string of the molecule is CSC1(Cn2c(SCC(=O)O)nnc2C2CC2)CCCC1. The highest BCUT2D eigenvalue weighted by atomic mass is 32.2. The Bertz CT molecular complexity index is 522. The lowest BCUT2D eigenvalue weighted by Crippen LogP contribution is -2.28. The molecule has 0 aliphatic heterocycles. The molecule has 0 atom stereocenters. The third kappa shape index (κ3) is 3.39. The number of nitrogens with zero attached hydrogens (tertiary/aromatic N) is 3. The predicted octanol–water partition coefficient (Wildman–Crippen LogP) is 3.01. The first-order valence-electron chi connectivity index (χ1n) is 7.46. The topological polar surface area (TPSA) is 68.0 Å². The van der Waals surface area contributed by atoms with E-state index in [0.29, 0.717) is 5.92 Å². The maximum atomic E-state index is 10.8. The van der Waals surface area contributed by atoms with Crippen LogP contribution in [0, 0.1) is 0 Å². The molecule has 0 amide bonds. The van der Waals surface area contributed by atoms with Crippen LogP contribution in [0.15, 0.2) is 5.16 Å². The fraction of sp³-hybridized carbons (Fsp3) is 0.786. The molecule has 7 heteroatoms. The minimum atomic E-state index is -0.803. The minimum absolute atomic E-state index is 0.0507. The summed E-state index contributed by atoms with van der Waals surface area (Å²) in [6, 6.07) is 0. The van der Waals surface area contributed by atoms with Gasteiger partial charge in [0, 0.05) is 17.2 Å². The summed E-state index contributed by atoms with van der Waals surface area (Å²) in [6.45, 7) is 0.926. The smallest absolute Gasteiger partial charge is 0.313 e. The van der Waals surface area contributed by atoms with Gasteiger partial charge < -0.3 is 9.67 Å². The van der Waals surface area contributed by atoms with Crippen LogP contribution in [0.2, 0.25) is 0 Å². The van der Waals surface area contributed by atoms with Gasteiger partial charge in [-0.05, 0) is 31.9 Å². The lowest BCUT2D eigenvalue weighted by atomic mass is 10.1. The fourth-order valence-electron chi connectivity index (χ4n) is 3.06. The second-order valence-corrected chi connectivity index (χ2v) is 8.19. The van der Waals surface area contributed by atoms with Gasteiger partial charge in [0.25, 0.3) is 0 Å². The second kappa shape index (κ2) is 6.20. The number of aliphatic carboxylic acids is 1. The normalized spacial score (nSPS) is 20.8. The number of aromatic nitrogens is 3. The third-order valence-electron chi connectivity index (χ3n) is 4.41. The zero-order chi connectivity index (χ0) is 14.9. The van der Waals surface area contributed by atoms with E-state index in [0.717, 1.165) is 17.5 Å². The molecule has 5 nitrogen and oxygen atoms in total. The summed E-state index contributed by atoms with van der Waals surface area (Å²) in [7, 11) is 0. The van der Waals surface area contributed by atoms with Crippen LogP contribution in [-0.4, -0.2) is 42.6 Å². The average molecular weight is 327 g/mol. The van der Waals surface area contributed by atoms with Gasteiger partial charge >= 0.3 is 5.97 Å². The molecule has 1 aromatic rings. The molecule has 1 N–H and O–H groups in total. The van der Waals surface area contributed by atoms with Gasteiger partial charge in [0.05, 0.1) is 5.75 Å². The molecule has 3 rings (SSSR count). The van der Waals surface area contributed by atoms with E-state index in [1.807, 2.05) is 11.8 Å². The van der Waals surface area contributed by atoms with Gasteiger partial charge in [-0.3, -0.25) is 4.79 Å². The number of carboxylic acids is 1. The van der Waals surface area contributed by atoms with Crippen molar-refractivity contribution >= 4 is 29.5 Å². The van der Waals surface area contributed by atoms with Crippen LogP contribution < -0.4 is 0 Å². The van der Waals surface area contributed by atoms with Gasteiger partial charge in [0.1, 0.15) is 5.82 Å². The van der Waals surface area contributed by atoms with Crippen LogP contribution in [0.3, 0.4) is 0 Å². The first kappa shape index (κ1) is 15.2. The van der Waals surface area contributed by atoms with Crippen LogP contribution >= 0.6 is 23.5 Å². The molecule has 0 radical (unpaired) electrons. The Morgan fingerprint density at radius 1 is 1.38 bits per heavy atom. The Hall–Kier alpha value is -0.690. The molecule has 0 unspecified atom stereocenters. The van der Waals surface area contributed by atoms with Crippen molar-refractivity contribution in [3.8, 4) is 0 Å². The summed E-state index contributed by atoms with van der Waals surface area (Å²) in [5.41, 5.74) is 0. The largest absolute Gasteiger partial charge is 0.481 e. The van der Waals surface area contributed by atoms with Gasteiger partial charge in [-0.1, -0.05) is 24.6 Å². The highest BCUT2D eigenvalue weighted by Gasteiger charge is 2.37. The Morgan fingerprint density at radius 3 is 2.67 bits per heavy atom. The van der Waals surface area contributed by atoms with E-state index in [-0.39, 0.29) is 10.5 Å². The molecule has 0 saturated heterocycles. The van der Waals surface area contributed by atoms with Crippen molar-refractivity contribution in [2.24, 2.45) is 0 Å².